The molecule has 3 aromatic carbocycles. The standard InChI is InChI=1S/C26H20Br2N4S2/c1-15-23(17-6-10-19(27)11-7-17)31(25(29)33-15)21-4-3-5-22(14-21)32-24(16(2)34-26(32)30)18-8-12-20(28)13-9-18/h3-14,29-30H,1-2H3. The SMILES string of the molecule is Cc1sc(=N)n(-c2cccc(-n3c(-c4ccc(Br)cc4)c(C)sc3=N)c2)c1-c1ccc(Br)cc1. The summed E-state index contributed by atoms with van der Waals surface area (Å²) in [5, 5.41) is 17.4. The third-order valence-electron chi connectivity index (χ3n) is 5.60. The Balaban J connectivity index is 1.70. The van der Waals surface area contributed by atoms with E-state index in [4.69, 9.17) is 10.8 Å². The lowest BCUT2D eigenvalue weighted by Gasteiger charge is -2.14. The zero-order valence-electron chi connectivity index (χ0n) is 18.4. The molecule has 0 atom stereocenters. The smallest absolute Gasteiger partial charge is 0.187 e. The maximum atomic E-state index is 8.71. The highest BCUT2D eigenvalue weighted by Crippen LogP contribution is 2.32. The van der Waals surface area contributed by atoms with Gasteiger partial charge in [-0.3, -0.25) is 20.0 Å². The molecule has 0 aliphatic rings. The third-order valence-corrected chi connectivity index (χ3v) is 8.41. The van der Waals surface area contributed by atoms with E-state index in [-0.39, 0.29) is 0 Å². The summed E-state index contributed by atoms with van der Waals surface area (Å²) in [6, 6.07) is 24.5. The molecule has 170 valence electrons. The molecule has 0 saturated heterocycles. The van der Waals surface area contributed by atoms with Crippen LogP contribution < -0.4 is 9.60 Å². The topological polar surface area (TPSA) is 57.6 Å². The fourth-order valence-electron chi connectivity index (χ4n) is 4.14. The number of thiazole rings is 2. The minimum Gasteiger partial charge on any atom is -0.285 e. The summed E-state index contributed by atoms with van der Waals surface area (Å²) in [5.41, 5.74) is 5.98. The molecular weight excluding hydrogens is 592 g/mol. The van der Waals surface area contributed by atoms with Gasteiger partial charge in [-0.05, 0) is 67.4 Å². The number of nitrogens with one attached hydrogen (secondary N) is 2. The number of nitrogens with zero attached hydrogens (tertiary/aromatic N) is 2. The molecule has 2 heterocycles. The van der Waals surface area contributed by atoms with Crippen molar-refractivity contribution in [3.05, 3.63) is 101 Å². The first-order valence-electron chi connectivity index (χ1n) is 10.5. The molecule has 2 N–H and O–H groups in total. The Morgan fingerprint density at radius 1 is 0.618 bits per heavy atom. The molecule has 5 rings (SSSR count). The van der Waals surface area contributed by atoms with Gasteiger partial charge in [-0.1, -0.05) is 62.2 Å². The van der Waals surface area contributed by atoms with Crippen LogP contribution in [0.25, 0.3) is 33.9 Å². The van der Waals surface area contributed by atoms with E-state index in [0.717, 1.165) is 52.6 Å². The Morgan fingerprint density at radius 3 is 1.38 bits per heavy atom. The van der Waals surface area contributed by atoms with Gasteiger partial charge in [-0.15, -0.1) is 22.7 Å². The number of benzene rings is 3. The van der Waals surface area contributed by atoms with Crippen LogP contribution in [0.5, 0.6) is 0 Å². The van der Waals surface area contributed by atoms with Crippen molar-refractivity contribution in [2.75, 3.05) is 0 Å². The summed E-state index contributed by atoms with van der Waals surface area (Å²) in [7, 11) is 0. The molecule has 5 aromatic rings. The van der Waals surface area contributed by atoms with E-state index < -0.39 is 0 Å². The van der Waals surface area contributed by atoms with Gasteiger partial charge in [-0.25, -0.2) is 0 Å². The van der Waals surface area contributed by atoms with Gasteiger partial charge in [0.05, 0.1) is 22.8 Å². The fourth-order valence-corrected chi connectivity index (χ4v) is 6.44. The summed E-state index contributed by atoms with van der Waals surface area (Å²) < 4.78 is 6.04. The van der Waals surface area contributed by atoms with Crippen molar-refractivity contribution in [2.45, 2.75) is 13.8 Å². The van der Waals surface area contributed by atoms with E-state index in [1.54, 1.807) is 0 Å². The Labute approximate surface area is 222 Å². The minimum atomic E-state index is 0.471. The molecule has 0 aliphatic carbocycles. The highest BCUT2D eigenvalue weighted by Gasteiger charge is 2.17. The quantitative estimate of drug-likeness (QED) is 0.208. The summed E-state index contributed by atoms with van der Waals surface area (Å²) in [6.45, 7) is 4.12. The molecule has 0 unspecified atom stereocenters. The molecule has 0 fully saturated rings. The molecule has 0 aliphatic heterocycles. The van der Waals surface area contributed by atoms with Gasteiger partial charge in [0.15, 0.2) is 9.60 Å². The maximum absolute atomic E-state index is 8.71. The zero-order chi connectivity index (χ0) is 24.0. The summed E-state index contributed by atoms with van der Waals surface area (Å²) in [4.78, 5) is 3.12. The molecule has 0 radical (unpaired) electrons. The Bertz CT molecular complexity index is 1500. The molecule has 2 aromatic heterocycles. The van der Waals surface area contributed by atoms with Crippen LogP contribution in [0.15, 0.2) is 81.7 Å². The molecule has 0 bridgehead atoms. The van der Waals surface area contributed by atoms with Crippen LogP contribution in [-0.2, 0) is 0 Å². The minimum absolute atomic E-state index is 0.471. The third kappa shape index (κ3) is 4.20. The van der Waals surface area contributed by atoms with Gasteiger partial charge in [0.25, 0.3) is 0 Å². The van der Waals surface area contributed by atoms with Gasteiger partial charge in [0.1, 0.15) is 0 Å². The molecule has 34 heavy (non-hydrogen) atoms. The van der Waals surface area contributed by atoms with Gasteiger partial charge in [0.2, 0.25) is 0 Å². The van der Waals surface area contributed by atoms with E-state index in [2.05, 4.69) is 76.0 Å². The summed E-state index contributed by atoms with van der Waals surface area (Å²) >= 11 is 9.97. The first-order valence-corrected chi connectivity index (χ1v) is 13.7. The molecule has 4 nitrogen and oxygen atoms in total. The van der Waals surface area contributed by atoms with Crippen LogP contribution in [0.2, 0.25) is 0 Å². The van der Waals surface area contributed by atoms with Crippen LogP contribution in [0.3, 0.4) is 0 Å². The zero-order valence-corrected chi connectivity index (χ0v) is 23.2. The second kappa shape index (κ2) is 9.26. The fraction of sp³-hybridized carbons (Fsp3) is 0.0769. The molecular formula is C26H20Br2N4S2. The average molecular weight is 612 g/mol. The van der Waals surface area contributed by atoms with Crippen molar-refractivity contribution in [1.82, 2.24) is 9.13 Å². The number of aromatic nitrogens is 2. The predicted molar refractivity (Wildman–Crippen MR) is 148 cm³/mol. The number of hydrogen-bond donors (Lipinski definition) is 2. The van der Waals surface area contributed by atoms with E-state index in [0.29, 0.717) is 9.60 Å². The lowest BCUT2D eigenvalue weighted by Crippen LogP contribution is -2.15. The van der Waals surface area contributed by atoms with Crippen molar-refractivity contribution in [3.8, 4) is 33.9 Å². The lowest BCUT2D eigenvalue weighted by atomic mass is 10.1. The van der Waals surface area contributed by atoms with Gasteiger partial charge in [0, 0.05) is 18.7 Å². The summed E-state index contributed by atoms with van der Waals surface area (Å²) in [6.07, 6.45) is 0. The van der Waals surface area contributed by atoms with E-state index in [1.807, 2.05) is 51.6 Å². The van der Waals surface area contributed by atoms with E-state index in [9.17, 15) is 0 Å². The highest BCUT2D eigenvalue weighted by atomic mass is 79.9. The van der Waals surface area contributed by atoms with Crippen LogP contribution in [0.4, 0.5) is 0 Å². The summed E-state index contributed by atoms with van der Waals surface area (Å²) in [5.74, 6) is 0. The van der Waals surface area contributed by atoms with Crippen LogP contribution >= 0.6 is 54.5 Å². The second-order valence-electron chi connectivity index (χ2n) is 7.83. The molecule has 8 heteroatoms. The van der Waals surface area contributed by atoms with Crippen LogP contribution in [0.1, 0.15) is 9.75 Å². The average Bonchev–Trinajstić information content (AvgIpc) is 3.28. The largest absolute Gasteiger partial charge is 0.285 e. The van der Waals surface area contributed by atoms with Crippen molar-refractivity contribution in [1.29, 1.82) is 10.8 Å². The predicted octanol–water partition coefficient (Wildman–Crippen LogP) is 7.83. The Hall–Kier alpha value is -2.52. The Morgan fingerprint density at radius 2 is 1.00 bits per heavy atom. The van der Waals surface area contributed by atoms with Crippen LogP contribution in [-0.4, -0.2) is 9.13 Å². The van der Waals surface area contributed by atoms with E-state index >= 15 is 0 Å². The first kappa shape index (κ1) is 23.2. The number of halogens is 2. The van der Waals surface area contributed by atoms with Crippen molar-refractivity contribution >= 4 is 54.5 Å². The second-order valence-corrected chi connectivity index (χ2v) is 12.1. The van der Waals surface area contributed by atoms with Gasteiger partial charge >= 0.3 is 0 Å². The molecule has 0 amide bonds. The first-order chi connectivity index (χ1) is 16.3. The molecule has 0 spiro atoms. The van der Waals surface area contributed by atoms with Crippen LogP contribution in [0, 0.1) is 24.7 Å². The number of hydrogen-bond acceptors (Lipinski definition) is 4. The lowest BCUT2D eigenvalue weighted by molar-refractivity contribution is 0.956. The normalized spacial score (nSPS) is 11.2. The van der Waals surface area contributed by atoms with Gasteiger partial charge in [-0.2, -0.15) is 0 Å². The highest BCUT2D eigenvalue weighted by molar-refractivity contribution is 9.10. The van der Waals surface area contributed by atoms with Crippen molar-refractivity contribution in [3.63, 3.8) is 0 Å². The van der Waals surface area contributed by atoms with Crippen molar-refractivity contribution in [2.24, 2.45) is 0 Å². The van der Waals surface area contributed by atoms with E-state index in [1.165, 1.54) is 22.7 Å². The number of rotatable bonds is 4. The van der Waals surface area contributed by atoms with Crippen molar-refractivity contribution < 1.29 is 0 Å². The Kier molecular flexibility index (Phi) is 6.33. The monoisotopic (exact) mass is 610 g/mol. The van der Waals surface area contributed by atoms with Gasteiger partial charge < -0.3 is 0 Å². The number of aryl methyl sites for hydroxylation is 2. The maximum Gasteiger partial charge on any atom is 0.187 e. The molecule has 0 saturated carbocycles.